The maximum absolute atomic E-state index is 13.0. The zero-order valence-corrected chi connectivity index (χ0v) is 19.9. The van der Waals surface area contributed by atoms with E-state index in [2.05, 4.69) is 49.3 Å². The van der Waals surface area contributed by atoms with Gasteiger partial charge in [0.15, 0.2) is 0 Å². The number of aromatic nitrogens is 2. The molecule has 3 heterocycles. The number of hydrogen-bond donors (Lipinski definition) is 1. The Morgan fingerprint density at radius 2 is 2.03 bits per heavy atom. The molecule has 0 saturated carbocycles. The van der Waals surface area contributed by atoms with Gasteiger partial charge in [-0.3, -0.25) is 19.7 Å². The summed E-state index contributed by atoms with van der Waals surface area (Å²) in [6.07, 6.45) is 8.96. The van der Waals surface area contributed by atoms with Gasteiger partial charge in [0.1, 0.15) is 0 Å². The molecule has 2 aliphatic rings. The molecule has 0 radical (unpaired) electrons. The zero-order chi connectivity index (χ0) is 22.1. The summed E-state index contributed by atoms with van der Waals surface area (Å²) in [5, 5.41) is 3.79. The number of rotatable bonds is 3. The molecule has 1 aromatic carbocycles. The Morgan fingerprint density at radius 1 is 1.16 bits per heavy atom. The maximum Gasteiger partial charge on any atom is 0.228 e. The standard InChI is InChI=1S/C25H24BrClN4O/c26-19-11-17-6-5-16-12-20(27)7-8-22(16)24(23(17)29-13-19)31-10-2-3-18(15-31)25(32)30-21-4-1-9-28-14-21/h1,4,7-9,11-14,18,24H,2-3,5-6,10,15H2,(H,30,32). The first-order valence-corrected chi connectivity index (χ1v) is 12.1. The third-order valence-corrected chi connectivity index (χ3v) is 7.08. The minimum absolute atomic E-state index is 0.0156. The summed E-state index contributed by atoms with van der Waals surface area (Å²) in [5.74, 6) is -0.0292. The van der Waals surface area contributed by atoms with Crippen LogP contribution in [0.3, 0.4) is 0 Å². The molecule has 1 aliphatic carbocycles. The van der Waals surface area contributed by atoms with Crippen molar-refractivity contribution >= 4 is 39.1 Å². The Hall–Kier alpha value is -2.28. The quantitative estimate of drug-likeness (QED) is 0.509. The van der Waals surface area contributed by atoms with Crippen molar-refractivity contribution in [1.29, 1.82) is 0 Å². The third kappa shape index (κ3) is 4.45. The van der Waals surface area contributed by atoms with Crippen molar-refractivity contribution in [1.82, 2.24) is 14.9 Å². The van der Waals surface area contributed by atoms with E-state index in [4.69, 9.17) is 16.6 Å². The lowest BCUT2D eigenvalue weighted by atomic mass is 9.91. The summed E-state index contributed by atoms with van der Waals surface area (Å²) in [7, 11) is 0. The van der Waals surface area contributed by atoms with Crippen LogP contribution in [0, 0.1) is 5.92 Å². The SMILES string of the molecule is O=C(Nc1cccnc1)C1CCCN(C2c3ccc(Cl)cc3CCc3cc(Br)cnc32)C1. The van der Waals surface area contributed by atoms with Crippen LogP contribution in [0.2, 0.25) is 5.02 Å². The molecule has 164 valence electrons. The topological polar surface area (TPSA) is 58.1 Å². The normalized spacial score (nSPS) is 20.7. The second-order valence-corrected chi connectivity index (χ2v) is 9.86. The highest BCUT2D eigenvalue weighted by molar-refractivity contribution is 9.10. The minimum atomic E-state index is -0.0816. The van der Waals surface area contributed by atoms with Gasteiger partial charge < -0.3 is 5.32 Å². The van der Waals surface area contributed by atoms with Gasteiger partial charge in [-0.1, -0.05) is 17.7 Å². The van der Waals surface area contributed by atoms with Crippen molar-refractivity contribution in [3.05, 3.63) is 86.9 Å². The molecule has 2 aromatic heterocycles. The summed E-state index contributed by atoms with van der Waals surface area (Å²) in [6.45, 7) is 1.62. The average Bonchev–Trinajstić information content (AvgIpc) is 2.96. The predicted octanol–water partition coefficient (Wildman–Crippen LogP) is 5.43. The summed E-state index contributed by atoms with van der Waals surface area (Å²) in [4.78, 5) is 24.4. The minimum Gasteiger partial charge on any atom is -0.324 e. The molecule has 5 nitrogen and oxygen atoms in total. The van der Waals surface area contributed by atoms with Crippen molar-refractivity contribution in [3.8, 4) is 0 Å². The smallest absolute Gasteiger partial charge is 0.228 e. The number of benzene rings is 1. The Labute approximate surface area is 201 Å². The second kappa shape index (κ2) is 9.30. The number of anilines is 1. The molecule has 1 fully saturated rings. The molecule has 5 rings (SSSR count). The molecule has 32 heavy (non-hydrogen) atoms. The number of halogens is 2. The predicted molar refractivity (Wildman–Crippen MR) is 130 cm³/mol. The number of amides is 1. The van der Waals surface area contributed by atoms with Gasteiger partial charge >= 0.3 is 0 Å². The summed E-state index contributed by atoms with van der Waals surface area (Å²) in [6, 6.07) is 12.1. The highest BCUT2D eigenvalue weighted by Gasteiger charge is 2.35. The largest absolute Gasteiger partial charge is 0.324 e. The fourth-order valence-corrected chi connectivity index (χ4v) is 5.49. The lowest BCUT2D eigenvalue weighted by Gasteiger charge is -2.38. The number of likely N-dealkylation sites (tertiary alicyclic amines) is 1. The maximum atomic E-state index is 13.0. The van der Waals surface area contributed by atoms with Crippen LogP contribution < -0.4 is 5.32 Å². The first-order valence-electron chi connectivity index (χ1n) is 11.0. The van der Waals surface area contributed by atoms with E-state index in [0.29, 0.717) is 6.54 Å². The van der Waals surface area contributed by atoms with Gasteiger partial charge in [0.25, 0.3) is 0 Å². The number of hydrogen-bond acceptors (Lipinski definition) is 4. The highest BCUT2D eigenvalue weighted by Crippen LogP contribution is 2.39. The van der Waals surface area contributed by atoms with E-state index >= 15 is 0 Å². The fraction of sp³-hybridized carbons (Fsp3) is 0.320. The Balaban J connectivity index is 1.47. The van der Waals surface area contributed by atoms with Crippen LogP contribution in [0.5, 0.6) is 0 Å². The van der Waals surface area contributed by atoms with Crippen LogP contribution in [-0.2, 0) is 17.6 Å². The average molecular weight is 512 g/mol. The first kappa shape index (κ1) is 21.6. The van der Waals surface area contributed by atoms with E-state index in [1.54, 1.807) is 12.4 Å². The number of nitrogens with one attached hydrogen (secondary N) is 1. The van der Waals surface area contributed by atoms with Crippen LogP contribution in [0.15, 0.2) is 59.5 Å². The van der Waals surface area contributed by atoms with E-state index in [9.17, 15) is 4.79 Å². The lowest BCUT2D eigenvalue weighted by molar-refractivity contribution is -0.121. The van der Waals surface area contributed by atoms with Crippen molar-refractivity contribution in [2.45, 2.75) is 31.7 Å². The van der Waals surface area contributed by atoms with Crippen molar-refractivity contribution in [2.24, 2.45) is 5.92 Å². The van der Waals surface area contributed by atoms with Crippen molar-refractivity contribution in [2.75, 3.05) is 18.4 Å². The molecule has 1 aliphatic heterocycles. The van der Waals surface area contributed by atoms with E-state index < -0.39 is 0 Å². The number of piperidine rings is 1. The second-order valence-electron chi connectivity index (χ2n) is 8.51. The number of fused-ring (bicyclic) bond motifs is 2. The van der Waals surface area contributed by atoms with Crippen molar-refractivity contribution < 1.29 is 4.79 Å². The Morgan fingerprint density at radius 3 is 2.88 bits per heavy atom. The van der Waals surface area contributed by atoms with Gasteiger partial charge in [-0.05, 0) is 95.2 Å². The van der Waals surface area contributed by atoms with Crippen molar-refractivity contribution in [3.63, 3.8) is 0 Å². The van der Waals surface area contributed by atoms with E-state index in [1.807, 2.05) is 24.4 Å². The zero-order valence-electron chi connectivity index (χ0n) is 17.6. The molecule has 0 spiro atoms. The van der Waals surface area contributed by atoms with E-state index in [0.717, 1.165) is 53.1 Å². The molecular formula is C25H24BrClN4O. The summed E-state index contributed by atoms with van der Waals surface area (Å²) >= 11 is 9.93. The van der Waals surface area contributed by atoms with Crippen LogP contribution in [0.4, 0.5) is 5.69 Å². The van der Waals surface area contributed by atoms with Gasteiger partial charge in [-0.2, -0.15) is 0 Å². The first-order chi connectivity index (χ1) is 15.6. The van der Waals surface area contributed by atoms with Crippen LogP contribution in [0.25, 0.3) is 0 Å². The van der Waals surface area contributed by atoms with Gasteiger partial charge in [0.2, 0.25) is 5.91 Å². The molecule has 0 bridgehead atoms. The number of nitrogens with zero attached hydrogens (tertiary/aromatic N) is 3. The number of pyridine rings is 2. The number of carbonyl (C=O) groups excluding carboxylic acids is 1. The van der Waals surface area contributed by atoms with Gasteiger partial charge in [0.05, 0.1) is 29.5 Å². The monoisotopic (exact) mass is 510 g/mol. The Bertz CT molecular complexity index is 1090. The van der Waals surface area contributed by atoms with E-state index in [1.165, 1.54) is 16.7 Å². The molecule has 2 atom stereocenters. The number of aryl methyl sites for hydroxylation is 2. The van der Waals surface area contributed by atoms with Gasteiger partial charge in [-0.25, -0.2) is 0 Å². The van der Waals surface area contributed by atoms with Gasteiger partial charge in [0, 0.05) is 28.4 Å². The van der Waals surface area contributed by atoms with Crippen LogP contribution in [-0.4, -0.2) is 33.9 Å². The highest BCUT2D eigenvalue weighted by atomic mass is 79.9. The molecule has 7 heteroatoms. The third-order valence-electron chi connectivity index (χ3n) is 6.41. The molecule has 1 saturated heterocycles. The van der Waals surface area contributed by atoms with E-state index in [-0.39, 0.29) is 17.9 Å². The summed E-state index contributed by atoms with van der Waals surface area (Å²) < 4.78 is 0.992. The lowest BCUT2D eigenvalue weighted by Crippen LogP contribution is -2.43. The van der Waals surface area contributed by atoms with Gasteiger partial charge in [-0.15, -0.1) is 0 Å². The fourth-order valence-electron chi connectivity index (χ4n) is 4.92. The van der Waals surface area contributed by atoms with Crippen LogP contribution >= 0.6 is 27.5 Å². The van der Waals surface area contributed by atoms with Crippen LogP contribution in [0.1, 0.15) is 41.3 Å². The molecule has 1 amide bonds. The number of carbonyl (C=O) groups is 1. The summed E-state index contributed by atoms with van der Waals surface area (Å²) in [5.41, 5.74) is 5.58. The molecular weight excluding hydrogens is 488 g/mol. The Kier molecular flexibility index (Phi) is 6.26. The molecule has 1 N–H and O–H groups in total. The molecule has 3 aromatic rings. The molecule has 2 unspecified atom stereocenters.